The number of ether oxygens (including phenoxy) is 2. The molecule has 3 aromatic rings. The van der Waals surface area contributed by atoms with Crippen molar-refractivity contribution in [1.82, 2.24) is 14.9 Å². The fourth-order valence-corrected chi connectivity index (χ4v) is 3.72. The van der Waals surface area contributed by atoms with Crippen molar-refractivity contribution in [1.29, 1.82) is 0 Å². The van der Waals surface area contributed by atoms with Gasteiger partial charge >= 0.3 is 0 Å². The smallest absolute Gasteiger partial charge is 0.257 e. The van der Waals surface area contributed by atoms with Crippen molar-refractivity contribution in [3.8, 4) is 11.5 Å². The van der Waals surface area contributed by atoms with E-state index in [4.69, 9.17) is 14.5 Å². The van der Waals surface area contributed by atoms with Crippen LogP contribution in [-0.4, -0.2) is 48.1 Å². The minimum atomic E-state index is -0.00825. The summed E-state index contributed by atoms with van der Waals surface area (Å²) in [5.74, 6) is 1.54. The quantitative estimate of drug-likeness (QED) is 0.694. The van der Waals surface area contributed by atoms with Crippen molar-refractivity contribution in [3.63, 3.8) is 0 Å². The van der Waals surface area contributed by atoms with Crippen LogP contribution < -0.4 is 9.47 Å². The Labute approximate surface area is 164 Å². The van der Waals surface area contributed by atoms with E-state index >= 15 is 0 Å². The van der Waals surface area contributed by atoms with Gasteiger partial charge in [0.05, 0.1) is 19.8 Å². The van der Waals surface area contributed by atoms with Crippen LogP contribution in [0.15, 0.2) is 48.7 Å². The molecule has 144 valence electrons. The number of carbonyl (C=O) groups excluding carboxylic acids is 1. The molecule has 1 fully saturated rings. The van der Waals surface area contributed by atoms with Gasteiger partial charge in [0.1, 0.15) is 11.5 Å². The van der Waals surface area contributed by atoms with Crippen molar-refractivity contribution >= 4 is 16.9 Å². The summed E-state index contributed by atoms with van der Waals surface area (Å²) in [6.45, 7) is 1.39. The maximum Gasteiger partial charge on any atom is 0.257 e. The van der Waals surface area contributed by atoms with Crippen LogP contribution in [0.5, 0.6) is 11.5 Å². The Balaban J connectivity index is 1.47. The van der Waals surface area contributed by atoms with E-state index in [1.54, 1.807) is 38.6 Å². The van der Waals surface area contributed by atoms with Crippen molar-refractivity contribution in [3.05, 3.63) is 59.9 Å². The van der Waals surface area contributed by atoms with Gasteiger partial charge in [-0.05, 0) is 49.2 Å². The van der Waals surface area contributed by atoms with Crippen LogP contribution in [0, 0.1) is 0 Å². The number of hydrogen-bond acceptors (Lipinski definition) is 5. The molecule has 0 atom stereocenters. The van der Waals surface area contributed by atoms with E-state index in [0.717, 1.165) is 29.6 Å². The summed E-state index contributed by atoms with van der Waals surface area (Å²) < 4.78 is 10.6. The van der Waals surface area contributed by atoms with Crippen molar-refractivity contribution in [2.75, 3.05) is 27.3 Å². The van der Waals surface area contributed by atoms with Crippen LogP contribution in [0.3, 0.4) is 0 Å². The maximum absolute atomic E-state index is 13.0. The van der Waals surface area contributed by atoms with E-state index in [0.29, 0.717) is 36.1 Å². The number of methoxy groups -OCH3 is 2. The molecule has 0 spiro atoms. The maximum atomic E-state index is 13.0. The summed E-state index contributed by atoms with van der Waals surface area (Å²) in [6, 6.07) is 13.4. The Morgan fingerprint density at radius 1 is 1.07 bits per heavy atom. The first-order valence-electron chi connectivity index (χ1n) is 9.42. The topological polar surface area (TPSA) is 64.5 Å². The molecule has 6 heteroatoms. The largest absolute Gasteiger partial charge is 0.497 e. The zero-order valence-electron chi connectivity index (χ0n) is 16.1. The molecular formula is C22H23N3O3. The Hall–Kier alpha value is -3.15. The van der Waals surface area contributed by atoms with Gasteiger partial charge in [-0.25, -0.2) is 9.97 Å². The Morgan fingerprint density at radius 3 is 2.64 bits per heavy atom. The number of hydrogen-bond donors (Lipinski definition) is 0. The SMILES string of the molecule is COc1ccc(C(=O)N2CCC(c3ccc4cccnc4n3)CC2)c(OC)c1. The summed E-state index contributed by atoms with van der Waals surface area (Å²) in [6.07, 6.45) is 3.54. The van der Waals surface area contributed by atoms with Crippen LogP contribution in [-0.2, 0) is 0 Å². The van der Waals surface area contributed by atoms with Crippen molar-refractivity contribution < 1.29 is 14.3 Å². The van der Waals surface area contributed by atoms with Crippen molar-refractivity contribution in [2.24, 2.45) is 0 Å². The predicted molar refractivity (Wildman–Crippen MR) is 107 cm³/mol. The van der Waals surface area contributed by atoms with Gasteiger partial charge in [-0.2, -0.15) is 0 Å². The molecule has 4 rings (SSSR count). The number of aromatic nitrogens is 2. The molecule has 1 saturated heterocycles. The summed E-state index contributed by atoms with van der Waals surface area (Å²) in [5, 5.41) is 1.05. The lowest BCUT2D eigenvalue weighted by Gasteiger charge is -2.32. The predicted octanol–water partition coefficient (Wildman–Crippen LogP) is 3.67. The summed E-state index contributed by atoms with van der Waals surface area (Å²) in [4.78, 5) is 23.9. The molecule has 0 aliphatic carbocycles. The standard InChI is InChI=1S/C22H23N3O3/c1-27-17-6-7-18(20(14-17)28-2)22(26)25-12-9-15(10-13-25)19-8-5-16-4-3-11-23-21(16)24-19/h3-8,11,14-15H,9-10,12-13H2,1-2H3. The van der Waals surface area contributed by atoms with Gasteiger partial charge in [0, 0.05) is 42.4 Å². The fourth-order valence-electron chi connectivity index (χ4n) is 3.72. The zero-order valence-corrected chi connectivity index (χ0v) is 16.1. The number of pyridine rings is 2. The van der Waals surface area contributed by atoms with E-state index in [-0.39, 0.29) is 5.91 Å². The average Bonchev–Trinajstić information content (AvgIpc) is 2.78. The van der Waals surface area contributed by atoms with Crippen LogP contribution >= 0.6 is 0 Å². The lowest BCUT2D eigenvalue weighted by molar-refractivity contribution is 0.0708. The first kappa shape index (κ1) is 18.2. The third-order valence-electron chi connectivity index (χ3n) is 5.33. The Kier molecular flexibility index (Phi) is 5.10. The lowest BCUT2D eigenvalue weighted by atomic mass is 9.92. The number of nitrogens with zero attached hydrogens (tertiary/aromatic N) is 3. The van der Waals surface area contributed by atoms with E-state index in [9.17, 15) is 4.79 Å². The highest BCUT2D eigenvalue weighted by Gasteiger charge is 2.27. The highest BCUT2D eigenvalue weighted by molar-refractivity contribution is 5.97. The molecular weight excluding hydrogens is 354 g/mol. The molecule has 1 amide bonds. The van der Waals surface area contributed by atoms with E-state index in [1.165, 1.54) is 0 Å². The molecule has 28 heavy (non-hydrogen) atoms. The van der Waals surface area contributed by atoms with Crippen LogP contribution in [0.2, 0.25) is 0 Å². The van der Waals surface area contributed by atoms with Gasteiger partial charge in [-0.1, -0.05) is 0 Å². The average molecular weight is 377 g/mol. The van der Waals surface area contributed by atoms with Gasteiger partial charge in [-0.15, -0.1) is 0 Å². The fraction of sp³-hybridized carbons (Fsp3) is 0.318. The number of likely N-dealkylation sites (tertiary alicyclic amines) is 1. The molecule has 0 bridgehead atoms. The highest BCUT2D eigenvalue weighted by atomic mass is 16.5. The van der Waals surface area contributed by atoms with Crippen LogP contribution in [0.4, 0.5) is 0 Å². The Morgan fingerprint density at radius 2 is 1.89 bits per heavy atom. The number of rotatable bonds is 4. The van der Waals surface area contributed by atoms with Gasteiger partial charge < -0.3 is 14.4 Å². The molecule has 1 aromatic carbocycles. The number of fused-ring (bicyclic) bond motifs is 1. The molecule has 0 saturated carbocycles. The van der Waals surface area contributed by atoms with Gasteiger partial charge in [0.2, 0.25) is 0 Å². The molecule has 3 heterocycles. The summed E-state index contributed by atoms with van der Waals surface area (Å²) in [5.41, 5.74) is 2.40. The second-order valence-electron chi connectivity index (χ2n) is 6.92. The van der Waals surface area contributed by atoms with Crippen LogP contribution in [0.1, 0.15) is 34.8 Å². The first-order valence-corrected chi connectivity index (χ1v) is 9.42. The first-order chi connectivity index (χ1) is 13.7. The molecule has 0 radical (unpaired) electrons. The van der Waals surface area contributed by atoms with Gasteiger partial charge in [-0.3, -0.25) is 4.79 Å². The molecule has 1 aliphatic rings. The van der Waals surface area contributed by atoms with E-state index < -0.39 is 0 Å². The number of amides is 1. The molecule has 2 aromatic heterocycles. The number of piperidine rings is 1. The number of carbonyl (C=O) groups is 1. The number of benzene rings is 1. The molecule has 6 nitrogen and oxygen atoms in total. The molecule has 0 N–H and O–H groups in total. The minimum Gasteiger partial charge on any atom is -0.497 e. The summed E-state index contributed by atoms with van der Waals surface area (Å²) >= 11 is 0. The van der Waals surface area contributed by atoms with Crippen LogP contribution in [0.25, 0.3) is 11.0 Å². The third kappa shape index (κ3) is 3.50. The molecule has 0 unspecified atom stereocenters. The second-order valence-corrected chi connectivity index (χ2v) is 6.92. The van der Waals surface area contributed by atoms with Crippen molar-refractivity contribution in [2.45, 2.75) is 18.8 Å². The van der Waals surface area contributed by atoms with Gasteiger partial charge in [0.15, 0.2) is 5.65 Å². The highest BCUT2D eigenvalue weighted by Crippen LogP contribution is 2.31. The monoisotopic (exact) mass is 377 g/mol. The zero-order chi connectivity index (χ0) is 19.5. The summed E-state index contributed by atoms with van der Waals surface area (Å²) in [7, 11) is 3.16. The van der Waals surface area contributed by atoms with E-state index in [1.807, 2.05) is 17.0 Å². The lowest BCUT2D eigenvalue weighted by Crippen LogP contribution is -2.38. The normalized spacial score (nSPS) is 14.9. The Bertz CT molecular complexity index is 997. The second kappa shape index (κ2) is 7.84. The van der Waals surface area contributed by atoms with E-state index in [2.05, 4.69) is 17.1 Å². The van der Waals surface area contributed by atoms with Gasteiger partial charge in [0.25, 0.3) is 5.91 Å². The third-order valence-corrected chi connectivity index (χ3v) is 5.33. The molecule has 1 aliphatic heterocycles. The minimum absolute atomic E-state index is 0.00825.